The molecule has 0 spiro atoms. The minimum atomic E-state index is 0.150. The Balaban J connectivity index is 2.98. The highest BCUT2D eigenvalue weighted by Gasteiger charge is 2.22. The van der Waals surface area contributed by atoms with E-state index in [-0.39, 0.29) is 6.04 Å². The van der Waals surface area contributed by atoms with Crippen molar-refractivity contribution in [1.82, 2.24) is 4.90 Å². The lowest BCUT2D eigenvalue weighted by Gasteiger charge is -2.33. The Hall–Kier alpha value is 0.260. The van der Waals surface area contributed by atoms with Crippen LogP contribution in [-0.4, -0.2) is 36.5 Å². The first-order valence-corrected chi connectivity index (χ1v) is 8.43. The van der Waals surface area contributed by atoms with Gasteiger partial charge in [-0.3, -0.25) is 4.90 Å². The van der Waals surface area contributed by atoms with Crippen LogP contribution in [0.1, 0.15) is 18.5 Å². The molecule has 5 heteroatoms. The van der Waals surface area contributed by atoms with Crippen molar-refractivity contribution in [2.75, 3.05) is 25.6 Å². The van der Waals surface area contributed by atoms with Gasteiger partial charge in [-0.05, 0) is 44.0 Å². The van der Waals surface area contributed by atoms with E-state index in [1.165, 1.54) is 0 Å². The maximum absolute atomic E-state index is 6.29. The standard InChI is InChI=1S/C13H20BrClN2S/c1-9(8-18-3)17(2)13(7-16)11-6-10(14)4-5-12(11)15/h4-6,9,13H,7-8,16H2,1-3H3. The first-order valence-electron chi connectivity index (χ1n) is 5.87. The van der Waals surface area contributed by atoms with Gasteiger partial charge in [0.2, 0.25) is 0 Å². The highest BCUT2D eigenvalue weighted by molar-refractivity contribution is 9.10. The Labute approximate surface area is 127 Å². The largest absolute Gasteiger partial charge is 0.329 e. The Morgan fingerprint density at radius 2 is 2.17 bits per heavy atom. The van der Waals surface area contributed by atoms with Gasteiger partial charge in [-0.15, -0.1) is 0 Å². The normalized spacial score (nSPS) is 14.8. The van der Waals surface area contributed by atoms with E-state index >= 15 is 0 Å². The van der Waals surface area contributed by atoms with Gasteiger partial charge in [-0.25, -0.2) is 0 Å². The monoisotopic (exact) mass is 350 g/mol. The Morgan fingerprint density at radius 3 is 2.72 bits per heavy atom. The molecule has 2 atom stereocenters. The van der Waals surface area contributed by atoms with Crippen molar-refractivity contribution in [3.8, 4) is 0 Å². The van der Waals surface area contributed by atoms with E-state index in [4.69, 9.17) is 17.3 Å². The van der Waals surface area contributed by atoms with E-state index < -0.39 is 0 Å². The number of rotatable bonds is 6. The summed E-state index contributed by atoms with van der Waals surface area (Å²) in [5, 5.41) is 0.775. The van der Waals surface area contributed by atoms with E-state index in [1.807, 2.05) is 23.9 Å². The van der Waals surface area contributed by atoms with Gasteiger partial charge in [0.05, 0.1) is 0 Å². The molecular formula is C13H20BrClN2S. The number of nitrogens with two attached hydrogens (primary N) is 1. The smallest absolute Gasteiger partial charge is 0.0485 e. The number of hydrogen-bond donors (Lipinski definition) is 1. The molecule has 0 saturated heterocycles. The van der Waals surface area contributed by atoms with Crippen LogP contribution in [0.25, 0.3) is 0 Å². The number of nitrogens with zero attached hydrogens (tertiary/aromatic N) is 1. The first kappa shape index (κ1) is 16.3. The van der Waals surface area contributed by atoms with E-state index in [0.29, 0.717) is 12.6 Å². The second kappa shape index (κ2) is 7.75. The van der Waals surface area contributed by atoms with Crippen LogP contribution < -0.4 is 5.73 Å². The zero-order valence-electron chi connectivity index (χ0n) is 11.0. The third kappa shape index (κ3) is 4.14. The molecule has 18 heavy (non-hydrogen) atoms. The molecule has 0 radical (unpaired) electrons. The van der Waals surface area contributed by atoms with Gasteiger partial charge in [0.15, 0.2) is 0 Å². The van der Waals surface area contributed by atoms with Gasteiger partial charge in [0, 0.05) is 33.9 Å². The summed E-state index contributed by atoms with van der Waals surface area (Å²) in [7, 11) is 2.11. The summed E-state index contributed by atoms with van der Waals surface area (Å²) in [5.74, 6) is 1.08. The molecule has 0 amide bonds. The van der Waals surface area contributed by atoms with Crippen molar-refractivity contribution >= 4 is 39.3 Å². The maximum atomic E-state index is 6.29. The summed E-state index contributed by atoms with van der Waals surface area (Å²) in [5.41, 5.74) is 7.02. The number of benzene rings is 1. The summed E-state index contributed by atoms with van der Waals surface area (Å²) >= 11 is 11.6. The first-order chi connectivity index (χ1) is 8.51. The molecular weight excluding hydrogens is 332 g/mol. The molecule has 1 rings (SSSR count). The van der Waals surface area contributed by atoms with Gasteiger partial charge in [0.1, 0.15) is 0 Å². The van der Waals surface area contributed by atoms with Crippen LogP contribution in [-0.2, 0) is 0 Å². The lowest BCUT2D eigenvalue weighted by Crippen LogP contribution is -2.38. The van der Waals surface area contributed by atoms with Crippen molar-refractivity contribution in [1.29, 1.82) is 0 Å². The summed E-state index contributed by atoms with van der Waals surface area (Å²) in [6.45, 7) is 2.77. The lowest BCUT2D eigenvalue weighted by molar-refractivity contribution is 0.204. The van der Waals surface area contributed by atoms with E-state index in [1.54, 1.807) is 0 Å². The quantitative estimate of drug-likeness (QED) is 0.845. The Kier molecular flexibility index (Phi) is 7.03. The van der Waals surface area contributed by atoms with E-state index in [9.17, 15) is 0 Å². The summed E-state index contributed by atoms with van der Waals surface area (Å²) in [6, 6.07) is 6.53. The molecule has 1 aromatic rings. The Bertz CT molecular complexity index is 389. The van der Waals surface area contributed by atoms with E-state index in [2.05, 4.69) is 47.1 Å². The third-order valence-corrected chi connectivity index (χ3v) is 4.79. The molecule has 2 nitrogen and oxygen atoms in total. The number of thioether (sulfide) groups is 1. The van der Waals surface area contributed by atoms with Crippen molar-refractivity contribution in [2.45, 2.75) is 19.0 Å². The molecule has 0 bridgehead atoms. The van der Waals surface area contributed by atoms with Crippen LogP contribution in [0.3, 0.4) is 0 Å². The van der Waals surface area contributed by atoms with Crippen LogP contribution in [0.2, 0.25) is 5.02 Å². The maximum Gasteiger partial charge on any atom is 0.0485 e. The summed E-state index contributed by atoms with van der Waals surface area (Å²) < 4.78 is 1.03. The van der Waals surface area contributed by atoms with Crippen molar-refractivity contribution in [3.63, 3.8) is 0 Å². The lowest BCUT2D eigenvalue weighted by atomic mass is 10.0. The number of halogens is 2. The number of likely N-dealkylation sites (N-methyl/N-ethyl adjacent to an activating group) is 1. The minimum Gasteiger partial charge on any atom is -0.329 e. The zero-order chi connectivity index (χ0) is 13.7. The van der Waals surface area contributed by atoms with Gasteiger partial charge in [0.25, 0.3) is 0 Å². The summed E-state index contributed by atoms with van der Waals surface area (Å²) in [4.78, 5) is 2.30. The molecule has 0 aliphatic heterocycles. The van der Waals surface area contributed by atoms with Crippen LogP contribution in [0.5, 0.6) is 0 Å². The average molecular weight is 352 g/mol. The molecule has 0 aliphatic rings. The fourth-order valence-electron chi connectivity index (χ4n) is 1.95. The molecule has 0 saturated carbocycles. The van der Waals surface area contributed by atoms with Crippen LogP contribution in [0.15, 0.2) is 22.7 Å². The number of hydrogen-bond acceptors (Lipinski definition) is 3. The summed E-state index contributed by atoms with van der Waals surface area (Å²) in [6.07, 6.45) is 2.12. The highest BCUT2D eigenvalue weighted by Crippen LogP contribution is 2.30. The molecule has 0 heterocycles. The SMILES string of the molecule is CSCC(C)N(C)C(CN)c1cc(Br)ccc1Cl. The second-order valence-electron chi connectivity index (χ2n) is 4.39. The molecule has 0 fully saturated rings. The van der Waals surface area contributed by atoms with Gasteiger partial charge >= 0.3 is 0 Å². The predicted octanol–water partition coefficient (Wildman–Crippen LogP) is 3.79. The van der Waals surface area contributed by atoms with Crippen LogP contribution >= 0.6 is 39.3 Å². The third-order valence-electron chi connectivity index (χ3n) is 3.14. The van der Waals surface area contributed by atoms with Gasteiger partial charge in [-0.2, -0.15) is 11.8 Å². The highest BCUT2D eigenvalue weighted by atomic mass is 79.9. The molecule has 1 aromatic carbocycles. The fourth-order valence-corrected chi connectivity index (χ4v) is 3.29. The fraction of sp³-hybridized carbons (Fsp3) is 0.538. The zero-order valence-corrected chi connectivity index (χ0v) is 14.1. The predicted molar refractivity (Wildman–Crippen MR) is 86.6 cm³/mol. The van der Waals surface area contributed by atoms with Crippen LogP contribution in [0.4, 0.5) is 0 Å². The Morgan fingerprint density at radius 1 is 1.50 bits per heavy atom. The van der Waals surface area contributed by atoms with Gasteiger partial charge in [-0.1, -0.05) is 27.5 Å². The second-order valence-corrected chi connectivity index (χ2v) is 6.62. The van der Waals surface area contributed by atoms with Crippen molar-refractivity contribution < 1.29 is 0 Å². The topological polar surface area (TPSA) is 29.3 Å². The van der Waals surface area contributed by atoms with Crippen LogP contribution in [0, 0.1) is 0 Å². The average Bonchev–Trinajstić information content (AvgIpc) is 2.34. The molecule has 0 aromatic heterocycles. The molecule has 102 valence electrons. The minimum absolute atomic E-state index is 0.150. The molecule has 0 aliphatic carbocycles. The van der Waals surface area contributed by atoms with Crippen molar-refractivity contribution in [3.05, 3.63) is 33.3 Å². The molecule has 2 N–H and O–H groups in total. The van der Waals surface area contributed by atoms with Gasteiger partial charge < -0.3 is 5.73 Å². The van der Waals surface area contributed by atoms with E-state index in [0.717, 1.165) is 20.8 Å². The van der Waals surface area contributed by atoms with Crippen molar-refractivity contribution in [2.24, 2.45) is 5.73 Å². The molecule has 2 unspecified atom stereocenters.